The van der Waals surface area contributed by atoms with Gasteiger partial charge in [-0.1, -0.05) is 0 Å². The highest BCUT2D eigenvalue weighted by Crippen LogP contribution is 2.48. The third-order valence-corrected chi connectivity index (χ3v) is 4.74. The largest absolute Gasteiger partial charge is 0.386 e. The number of hydrogen-bond donors (Lipinski definition) is 4. The van der Waals surface area contributed by atoms with Gasteiger partial charge < -0.3 is 25.8 Å². The smallest absolute Gasteiger partial charge is 0.270 e. The van der Waals surface area contributed by atoms with Gasteiger partial charge in [-0.15, -0.1) is 6.42 Å². The van der Waals surface area contributed by atoms with Gasteiger partial charge in [0.1, 0.15) is 11.8 Å². The van der Waals surface area contributed by atoms with E-state index >= 15 is 0 Å². The van der Waals surface area contributed by atoms with Gasteiger partial charge in [0.15, 0.2) is 41.0 Å². The number of terminal acetylenes is 1. The average molecular weight is 393 g/mol. The molecule has 0 saturated carbocycles. The number of imidazole rings is 1. The summed E-state index contributed by atoms with van der Waals surface area (Å²) in [6, 6.07) is 0. The average Bonchev–Trinajstić information content (AvgIpc) is 3.13. The van der Waals surface area contributed by atoms with Crippen LogP contribution in [0.25, 0.3) is 0 Å². The molecular weight excluding hydrogens is 374 g/mol. The van der Waals surface area contributed by atoms with Crippen molar-refractivity contribution in [3.05, 3.63) is 17.7 Å². The number of ether oxygens (including phenoxy) is 1. The Morgan fingerprint density at radius 3 is 2.21 bits per heavy atom. The number of rotatable bonds is 6. The van der Waals surface area contributed by atoms with Crippen LogP contribution in [0.2, 0.25) is 0 Å². The van der Waals surface area contributed by atoms with Crippen molar-refractivity contribution in [1.82, 2.24) is 9.55 Å². The summed E-state index contributed by atoms with van der Waals surface area (Å²) in [5.74, 6) is -2.37. The van der Waals surface area contributed by atoms with Crippen molar-refractivity contribution in [2.24, 2.45) is 5.73 Å². The highest BCUT2D eigenvalue weighted by Gasteiger charge is 2.73. The van der Waals surface area contributed by atoms with E-state index in [0.29, 0.717) is 0 Å². The summed E-state index contributed by atoms with van der Waals surface area (Å²) in [7, 11) is 0. The zero-order valence-electron chi connectivity index (χ0n) is 15.2. The summed E-state index contributed by atoms with van der Waals surface area (Å²) in [6.45, 7) is 2.76. The second-order valence-corrected chi connectivity index (χ2v) is 6.45. The number of carbonyl (C=O) groups excluding carboxylic acids is 4. The molecule has 0 bridgehead atoms. The molecule has 2 rings (SSSR count). The molecule has 28 heavy (non-hydrogen) atoms. The normalized spacial score (nSPS) is 30.5. The summed E-state index contributed by atoms with van der Waals surface area (Å²) >= 11 is 0. The standard InChI is InChI=1S/C17H19N3O8/c1-5-10-11(14(18)25)19-6-20(10)15-17(27,9(4)23)16(26,8(3)22)13(28-15)12(24)7(2)21/h1,6-7,13,15,21,26-27H,2-4H3,(H2,18,25)/t7?,13-,15-,16-,17+/m1/s1. The number of ketones is 3. The predicted molar refractivity (Wildman–Crippen MR) is 90.5 cm³/mol. The number of aliphatic hydroxyl groups is 3. The molecule has 5 N–H and O–H groups in total. The van der Waals surface area contributed by atoms with E-state index in [2.05, 4.69) is 10.9 Å². The second-order valence-electron chi connectivity index (χ2n) is 6.45. The van der Waals surface area contributed by atoms with Crippen LogP contribution in [0.5, 0.6) is 0 Å². The summed E-state index contributed by atoms with van der Waals surface area (Å²) in [5.41, 5.74) is -1.56. The Labute approximate surface area is 159 Å². The van der Waals surface area contributed by atoms with Crippen molar-refractivity contribution >= 4 is 23.3 Å². The molecule has 1 aliphatic heterocycles. The Kier molecular flexibility index (Phi) is 5.28. The van der Waals surface area contributed by atoms with Crippen LogP contribution in [0.1, 0.15) is 43.2 Å². The number of carbonyl (C=O) groups is 4. The van der Waals surface area contributed by atoms with E-state index in [1.807, 2.05) is 0 Å². The molecule has 150 valence electrons. The number of aliphatic hydroxyl groups excluding tert-OH is 1. The van der Waals surface area contributed by atoms with Crippen molar-refractivity contribution in [1.29, 1.82) is 0 Å². The van der Waals surface area contributed by atoms with Crippen LogP contribution < -0.4 is 5.73 Å². The monoisotopic (exact) mass is 393 g/mol. The summed E-state index contributed by atoms with van der Waals surface area (Å²) in [6.07, 6.45) is 0.552. The Morgan fingerprint density at radius 2 is 1.82 bits per heavy atom. The fourth-order valence-electron chi connectivity index (χ4n) is 3.23. The maximum Gasteiger partial charge on any atom is 0.270 e. The Bertz CT molecular complexity index is 914. The van der Waals surface area contributed by atoms with Crippen molar-refractivity contribution in [2.45, 2.75) is 50.4 Å². The van der Waals surface area contributed by atoms with Crippen molar-refractivity contribution in [3.63, 3.8) is 0 Å². The molecule has 1 aromatic rings. The van der Waals surface area contributed by atoms with Crippen LogP contribution >= 0.6 is 0 Å². The Balaban J connectivity index is 2.81. The molecule has 0 aromatic carbocycles. The first kappa shape index (κ1) is 21.4. The minimum atomic E-state index is -3.04. The molecule has 2 heterocycles. The molecule has 1 saturated heterocycles. The molecule has 1 aromatic heterocycles. The number of amides is 1. The van der Waals surface area contributed by atoms with Crippen LogP contribution in [-0.4, -0.2) is 71.5 Å². The van der Waals surface area contributed by atoms with E-state index in [4.69, 9.17) is 16.9 Å². The number of nitrogens with zero attached hydrogens (tertiary/aromatic N) is 2. The van der Waals surface area contributed by atoms with Crippen molar-refractivity contribution < 1.29 is 39.2 Å². The lowest BCUT2D eigenvalue weighted by Crippen LogP contribution is -2.67. The molecule has 0 aliphatic carbocycles. The lowest BCUT2D eigenvalue weighted by Gasteiger charge is -2.37. The molecule has 5 atom stereocenters. The van der Waals surface area contributed by atoms with Gasteiger partial charge in [-0.05, 0) is 26.7 Å². The number of hydrogen-bond acceptors (Lipinski definition) is 9. The van der Waals surface area contributed by atoms with E-state index in [-0.39, 0.29) is 5.69 Å². The first-order valence-electron chi connectivity index (χ1n) is 8.02. The maximum atomic E-state index is 12.4. The number of nitrogens with two attached hydrogens (primary N) is 1. The van der Waals surface area contributed by atoms with Crippen LogP contribution in [0.4, 0.5) is 0 Å². The molecule has 1 aliphatic rings. The Morgan fingerprint density at radius 1 is 1.29 bits per heavy atom. The third kappa shape index (κ3) is 2.66. The van der Waals surface area contributed by atoms with Gasteiger partial charge in [0, 0.05) is 0 Å². The second kappa shape index (κ2) is 6.92. The van der Waals surface area contributed by atoms with E-state index in [1.165, 1.54) is 0 Å². The molecule has 1 unspecified atom stereocenters. The highest BCUT2D eigenvalue weighted by molar-refractivity contribution is 6.04. The molecule has 0 radical (unpaired) electrons. The molecule has 11 nitrogen and oxygen atoms in total. The van der Waals surface area contributed by atoms with Gasteiger partial charge in [-0.2, -0.15) is 0 Å². The fourth-order valence-corrected chi connectivity index (χ4v) is 3.23. The molecule has 1 amide bonds. The number of aromatic nitrogens is 2. The van der Waals surface area contributed by atoms with Crippen molar-refractivity contribution in [2.75, 3.05) is 0 Å². The topological polar surface area (TPSA) is 182 Å². The van der Waals surface area contributed by atoms with Crippen LogP contribution in [-0.2, 0) is 19.1 Å². The molecule has 0 spiro atoms. The van der Waals surface area contributed by atoms with E-state index in [0.717, 1.165) is 31.7 Å². The lowest BCUT2D eigenvalue weighted by molar-refractivity contribution is -0.182. The van der Waals surface area contributed by atoms with Crippen LogP contribution in [0.15, 0.2) is 6.33 Å². The summed E-state index contributed by atoms with van der Waals surface area (Å²) < 4.78 is 6.22. The quantitative estimate of drug-likeness (QED) is 0.378. The minimum absolute atomic E-state index is 0.312. The zero-order valence-corrected chi connectivity index (χ0v) is 15.2. The fraction of sp³-hybridized carbons (Fsp3) is 0.471. The van der Waals surface area contributed by atoms with E-state index < -0.39 is 58.6 Å². The molecule has 1 fully saturated rings. The lowest BCUT2D eigenvalue weighted by atomic mass is 9.73. The maximum absolute atomic E-state index is 12.4. The number of Topliss-reactive ketones (excluding diaryl/α,β-unsaturated/α-hetero) is 3. The predicted octanol–water partition coefficient (Wildman–Crippen LogP) is -2.55. The third-order valence-electron chi connectivity index (χ3n) is 4.74. The first-order chi connectivity index (χ1) is 12.8. The van der Waals surface area contributed by atoms with Gasteiger partial charge in [-0.25, -0.2) is 4.98 Å². The zero-order chi connectivity index (χ0) is 21.6. The van der Waals surface area contributed by atoms with E-state index in [9.17, 15) is 34.5 Å². The first-order valence-corrected chi connectivity index (χ1v) is 8.02. The minimum Gasteiger partial charge on any atom is -0.386 e. The summed E-state index contributed by atoms with van der Waals surface area (Å²) in [4.78, 5) is 52.2. The highest BCUT2D eigenvalue weighted by atomic mass is 16.6. The van der Waals surface area contributed by atoms with Gasteiger partial charge >= 0.3 is 0 Å². The van der Waals surface area contributed by atoms with Crippen LogP contribution in [0, 0.1) is 12.3 Å². The molecule has 11 heteroatoms. The van der Waals surface area contributed by atoms with Crippen LogP contribution in [0.3, 0.4) is 0 Å². The number of primary amides is 1. The van der Waals surface area contributed by atoms with E-state index in [1.54, 1.807) is 0 Å². The summed E-state index contributed by atoms with van der Waals surface area (Å²) in [5, 5.41) is 31.7. The molecular formula is C17H19N3O8. The van der Waals surface area contributed by atoms with Crippen molar-refractivity contribution in [3.8, 4) is 12.3 Å². The van der Waals surface area contributed by atoms with Gasteiger partial charge in [-0.3, -0.25) is 23.7 Å². The van der Waals surface area contributed by atoms with Gasteiger partial charge in [0.2, 0.25) is 5.60 Å². The van der Waals surface area contributed by atoms with Gasteiger partial charge in [0.25, 0.3) is 5.91 Å². The van der Waals surface area contributed by atoms with Gasteiger partial charge in [0.05, 0.1) is 6.33 Å². The SMILES string of the molecule is C#Cc1c(C(N)=O)ncn1[C@@H]1O[C@H](C(=O)C(C)O)[C@](O)(C(C)=O)[C@]1(O)C(C)=O. The Hall–Kier alpha value is -2.91.